The summed E-state index contributed by atoms with van der Waals surface area (Å²) >= 11 is 1.41. The van der Waals surface area contributed by atoms with Crippen LogP contribution in [0, 0.1) is 6.92 Å². The lowest BCUT2D eigenvalue weighted by atomic mass is 10.2. The Morgan fingerprint density at radius 3 is 2.85 bits per heavy atom. The summed E-state index contributed by atoms with van der Waals surface area (Å²) in [5.74, 6) is 1.07. The molecule has 0 aliphatic carbocycles. The Kier molecular flexibility index (Phi) is 5.01. The molecule has 0 radical (unpaired) electrons. The lowest BCUT2D eigenvalue weighted by molar-refractivity contribution is -0.113. The van der Waals surface area contributed by atoms with Crippen molar-refractivity contribution in [2.24, 2.45) is 0 Å². The highest BCUT2D eigenvalue weighted by Crippen LogP contribution is 2.21. The Labute approximate surface area is 122 Å². The minimum atomic E-state index is -0.0473. The van der Waals surface area contributed by atoms with Crippen molar-refractivity contribution in [3.63, 3.8) is 0 Å². The molecule has 2 aromatic rings. The number of hydrogen-bond acceptors (Lipinski definition) is 4. The first-order chi connectivity index (χ1) is 9.69. The van der Waals surface area contributed by atoms with Gasteiger partial charge in [-0.25, -0.2) is 4.98 Å². The first-order valence-corrected chi connectivity index (χ1v) is 7.16. The topological polar surface area (TPSA) is 51.2 Å². The van der Waals surface area contributed by atoms with Gasteiger partial charge < -0.3 is 10.1 Å². The van der Waals surface area contributed by atoms with Crippen molar-refractivity contribution in [3.05, 3.63) is 48.2 Å². The maximum atomic E-state index is 11.9. The lowest BCUT2D eigenvalue weighted by Gasteiger charge is -2.09. The molecular weight excluding hydrogens is 272 g/mol. The highest BCUT2D eigenvalue weighted by atomic mass is 32.2. The summed E-state index contributed by atoms with van der Waals surface area (Å²) in [6, 6.07) is 11.2. The van der Waals surface area contributed by atoms with Crippen molar-refractivity contribution < 1.29 is 9.53 Å². The largest absolute Gasteiger partial charge is 0.497 e. The van der Waals surface area contributed by atoms with Crippen LogP contribution < -0.4 is 10.1 Å². The zero-order chi connectivity index (χ0) is 14.4. The zero-order valence-electron chi connectivity index (χ0n) is 11.4. The van der Waals surface area contributed by atoms with E-state index in [0.29, 0.717) is 5.75 Å². The number of anilines is 1. The number of methoxy groups -OCH3 is 1. The zero-order valence-corrected chi connectivity index (χ0v) is 12.2. The van der Waals surface area contributed by atoms with Crippen LogP contribution in [-0.2, 0) is 4.79 Å². The highest BCUT2D eigenvalue weighted by molar-refractivity contribution is 7.99. The van der Waals surface area contributed by atoms with Crippen molar-refractivity contribution in [3.8, 4) is 5.75 Å². The monoisotopic (exact) mass is 288 g/mol. The lowest BCUT2D eigenvalue weighted by Crippen LogP contribution is -2.14. The van der Waals surface area contributed by atoms with Gasteiger partial charge in [-0.2, -0.15) is 0 Å². The number of ether oxygens (including phenoxy) is 1. The fourth-order valence-corrected chi connectivity index (χ4v) is 2.32. The minimum absolute atomic E-state index is 0.0473. The molecule has 1 aromatic heterocycles. The van der Waals surface area contributed by atoms with Gasteiger partial charge in [-0.1, -0.05) is 17.8 Å². The van der Waals surface area contributed by atoms with Crippen LogP contribution in [0.1, 0.15) is 5.56 Å². The van der Waals surface area contributed by atoms with Crippen LogP contribution in [0.15, 0.2) is 47.6 Å². The number of carbonyl (C=O) groups is 1. The summed E-state index contributed by atoms with van der Waals surface area (Å²) in [5.41, 5.74) is 1.78. The van der Waals surface area contributed by atoms with Gasteiger partial charge in [0.25, 0.3) is 0 Å². The first-order valence-electron chi connectivity index (χ1n) is 6.17. The fraction of sp³-hybridized carbons (Fsp3) is 0.200. The third-order valence-electron chi connectivity index (χ3n) is 2.70. The van der Waals surface area contributed by atoms with E-state index in [-0.39, 0.29) is 5.91 Å². The number of carbonyl (C=O) groups excluding carboxylic acids is 1. The van der Waals surface area contributed by atoms with Crippen molar-refractivity contribution >= 4 is 23.4 Å². The quantitative estimate of drug-likeness (QED) is 0.859. The van der Waals surface area contributed by atoms with Crippen LogP contribution in [0.25, 0.3) is 0 Å². The van der Waals surface area contributed by atoms with Crippen LogP contribution in [0.4, 0.5) is 5.69 Å². The number of pyridine rings is 1. The molecule has 4 nitrogen and oxygen atoms in total. The molecule has 0 unspecified atom stereocenters. The molecule has 0 fully saturated rings. The van der Waals surface area contributed by atoms with E-state index in [1.807, 2.05) is 43.3 Å². The number of thioether (sulfide) groups is 1. The first kappa shape index (κ1) is 14.4. The van der Waals surface area contributed by atoms with Crippen LogP contribution in [0.5, 0.6) is 5.75 Å². The molecule has 5 heteroatoms. The Morgan fingerprint density at radius 1 is 1.35 bits per heavy atom. The van der Waals surface area contributed by atoms with Gasteiger partial charge in [0.2, 0.25) is 5.91 Å². The van der Waals surface area contributed by atoms with Crippen molar-refractivity contribution in [2.45, 2.75) is 11.9 Å². The molecule has 2 rings (SSSR count). The number of hydrogen-bond donors (Lipinski definition) is 1. The molecule has 0 atom stereocenters. The Balaban J connectivity index is 1.91. The normalized spacial score (nSPS) is 10.1. The molecule has 0 saturated carbocycles. The van der Waals surface area contributed by atoms with E-state index < -0.39 is 0 Å². The summed E-state index contributed by atoms with van der Waals surface area (Å²) in [4.78, 5) is 16.1. The number of rotatable bonds is 5. The SMILES string of the molecule is COc1ccc(NC(=O)CSc2ccccn2)c(C)c1. The molecular formula is C15H16N2O2S. The number of aryl methyl sites for hydroxylation is 1. The predicted molar refractivity (Wildman–Crippen MR) is 81.3 cm³/mol. The molecule has 1 N–H and O–H groups in total. The molecule has 0 bridgehead atoms. The second kappa shape index (κ2) is 6.96. The molecule has 20 heavy (non-hydrogen) atoms. The average Bonchev–Trinajstić information content (AvgIpc) is 2.48. The number of benzene rings is 1. The second-order valence-corrected chi connectivity index (χ2v) is 5.18. The number of amides is 1. The Hall–Kier alpha value is -2.01. The van der Waals surface area contributed by atoms with Gasteiger partial charge >= 0.3 is 0 Å². The third kappa shape index (κ3) is 3.99. The molecule has 1 aromatic carbocycles. The summed E-state index contributed by atoms with van der Waals surface area (Å²) in [5, 5.41) is 3.73. The fourth-order valence-electron chi connectivity index (χ4n) is 1.66. The van der Waals surface area contributed by atoms with Crippen LogP contribution in [0.3, 0.4) is 0 Å². The third-order valence-corrected chi connectivity index (χ3v) is 3.64. The van der Waals surface area contributed by atoms with E-state index in [4.69, 9.17) is 4.74 Å². The van der Waals surface area contributed by atoms with Crippen LogP contribution in [-0.4, -0.2) is 23.8 Å². The number of nitrogens with one attached hydrogen (secondary N) is 1. The van der Waals surface area contributed by atoms with E-state index in [2.05, 4.69) is 10.3 Å². The van der Waals surface area contributed by atoms with E-state index in [1.54, 1.807) is 13.3 Å². The molecule has 0 aliphatic heterocycles. The number of nitrogens with zero attached hydrogens (tertiary/aromatic N) is 1. The highest BCUT2D eigenvalue weighted by Gasteiger charge is 2.06. The molecule has 1 heterocycles. The standard InChI is InChI=1S/C15H16N2O2S/c1-11-9-12(19-2)6-7-13(11)17-14(18)10-20-15-5-3-4-8-16-15/h3-9H,10H2,1-2H3,(H,17,18). The second-order valence-electron chi connectivity index (χ2n) is 4.19. The molecule has 0 aliphatic rings. The van der Waals surface area contributed by atoms with E-state index in [9.17, 15) is 4.79 Å². The average molecular weight is 288 g/mol. The maximum Gasteiger partial charge on any atom is 0.234 e. The van der Waals surface area contributed by atoms with Crippen molar-refractivity contribution in [2.75, 3.05) is 18.2 Å². The predicted octanol–water partition coefficient (Wildman–Crippen LogP) is 3.13. The number of aromatic nitrogens is 1. The van der Waals surface area contributed by atoms with Gasteiger partial charge in [0.1, 0.15) is 5.75 Å². The Bertz CT molecular complexity index is 588. The van der Waals surface area contributed by atoms with Gasteiger partial charge in [0.05, 0.1) is 17.9 Å². The van der Waals surface area contributed by atoms with E-state index in [0.717, 1.165) is 22.0 Å². The molecule has 104 valence electrons. The smallest absolute Gasteiger partial charge is 0.234 e. The summed E-state index contributed by atoms with van der Waals surface area (Å²) in [6.07, 6.45) is 1.72. The molecule has 0 saturated heterocycles. The van der Waals surface area contributed by atoms with Gasteiger partial charge in [0.15, 0.2) is 0 Å². The van der Waals surface area contributed by atoms with Gasteiger partial charge in [-0.05, 0) is 42.8 Å². The summed E-state index contributed by atoms with van der Waals surface area (Å²) in [7, 11) is 1.62. The van der Waals surface area contributed by atoms with E-state index >= 15 is 0 Å². The molecule has 0 spiro atoms. The maximum absolute atomic E-state index is 11.9. The van der Waals surface area contributed by atoms with E-state index in [1.165, 1.54) is 11.8 Å². The minimum Gasteiger partial charge on any atom is -0.497 e. The van der Waals surface area contributed by atoms with Crippen molar-refractivity contribution in [1.82, 2.24) is 4.98 Å². The van der Waals surface area contributed by atoms with Gasteiger partial charge in [0, 0.05) is 11.9 Å². The van der Waals surface area contributed by atoms with Crippen molar-refractivity contribution in [1.29, 1.82) is 0 Å². The Morgan fingerprint density at radius 2 is 2.20 bits per heavy atom. The molecule has 1 amide bonds. The van der Waals surface area contributed by atoms with Crippen LogP contribution in [0.2, 0.25) is 0 Å². The summed E-state index contributed by atoms with van der Waals surface area (Å²) < 4.78 is 5.14. The summed E-state index contributed by atoms with van der Waals surface area (Å²) in [6.45, 7) is 1.93. The van der Waals surface area contributed by atoms with Gasteiger partial charge in [-0.15, -0.1) is 0 Å². The van der Waals surface area contributed by atoms with Gasteiger partial charge in [-0.3, -0.25) is 4.79 Å². The van der Waals surface area contributed by atoms with Crippen LogP contribution >= 0.6 is 11.8 Å².